The van der Waals surface area contributed by atoms with Gasteiger partial charge in [-0.1, -0.05) is 42.5 Å². The first-order valence-corrected chi connectivity index (χ1v) is 12.3. The van der Waals surface area contributed by atoms with Gasteiger partial charge >= 0.3 is 0 Å². The number of benzene rings is 3. The van der Waals surface area contributed by atoms with E-state index in [1.54, 1.807) is 11.8 Å². The zero-order valence-electron chi connectivity index (χ0n) is 18.7. The summed E-state index contributed by atoms with van der Waals surface area (Å²) in [5, 5.41) is 0. The molecule has 33 heavy (non-hydrogen) atoms. The van der Waals surface area contributed by atoms with Crippen molar-refractivity contribution in [3.05, 3.63) is 89.5 Å². The second-order valence-corrected chi connectivity index (χ2v) is 9.52. The lowest BCUT2D eigenvalue weighted by Crippen LogP contribution is -2.49. The van der Waals surface area contributed by atoms with Crippen LogP contribution in [0.4, 0.5) is 11.4 Å². The molecule has 3 aromatic rings. The van der Waals surface area contributed by atoms with Crippen LogP contribution in [0, 0.1) is 6.92 Å². The van der Waals surface area contributed by atoms with Gasteiger partial charge in [0.05, 0.1) is 18.0 Å². The Kier molecular flexibility index (Phi) is 6.09. The molecular formula is C27H27N3O2S. The summed E-state index contributed by atoms with van der Waals surface area (Å²) in [6.07, 6.45) is 0. The van der Waals surface area contributed by atoms with E-state index in [4.69, 9.17) is 0 Å². The lowest BCUT2D eigenvalue weighted by atomic mass is 10.1. The third-order valence-corrected chi connectivity index (χ3v) is 7.42. The number of carbonyl (C=O) groups is 2. The monoisotopic (exact) mass is 457 g/mol. The van der Waals surface area contributed by atoms with E-state index in [1.165, 1.54) is 11.3 Å². The maximum atomic E-state index is 13.1. The van der Waals surface area contributed by atoms with Gasteiger partial charge in [0, 0.05) is 42.3 Å². The van der Waals surface area contributed by atoms with Crippen LogP contribution < -0.4 is 9.80 Å². The quantitative estimate of drug-likeness (QED) is 0.575. The summed E-state index contributed by atoms with van der Waals surface area (Å²) in [6, 6.07) is 24.1. The summed E-state index contributed by atoms with van der Waals surface area (Å²) >= 11 is 1.59. The minimum atomic E-state index is 0.0711. The number of para-hydroxylation sites is 2. The summed E-state index contributed by atoms with van der Waals surface area (Å²) < 4.78 is 0. The van der Waals surface area contributed by atoms with E-state index in [1.807, 2.05) is 52.3 Å². The van der Waals surface area contributed by atoms with Gasteiger partial charge in [0.1, 0.15) is 0 Å². The highest BCUT2D eigenvalue weighted by Crippen LogP contribution is 2.35. The Morgan fingerprint density at radius 1 is 0.848 bits per heavy atom. The smallest absolute Gasteiger partial charge is 0.253 e. The van der Waals surface area contributed by atoms with Crippen LogP contribution in [0.5, 0.6) is 0 Å². The third kappa shape index (κ3) is 4.48. The molecule has 168 valence electrons. The number of rotatable bonds is 4. The van der Waals surface area contributed by atoms with Crippen molar-refractivity contribution in [1.29, 1.82) is 0 Å². The molecule has 0 N–H and O–H groups in total. The van der Waals surface area contributed by atoms with E-state index in [0.717, 1.165) is 29.2 Å². The summed E-state index contributed by atoms with van der Waals surface area (Å²) in [4.78, 5) is 32.9. The Morgan fingerprint density at radius 2 is 1.52 bits per heavy atom. The molecule has 2 aliphatic rings. The normalized spacial score (nSPS) is 16.0. The first-order chi connectivity index (χ1) is 16.1. The lowest BCUT2D eigenvalue weighted by molar-refractivity contribution is -0.116. The number of hydrogen-bond acceptors (Lipinski definition) is 4. The van der Waals surface area contributed by atoms with Crippen molar-refractivity contribution in [3.8, 4) is 0 Å². The van der Waals surface area contributed by atoms with Gasteiger partial charge in [-0.25, -0.2) is 0 Å². The third-order valence-electron chi connectivity index (χ3n) is 6.37. The van der Waals surface area contributed by atoms with Crippen LogP contribution >= 0.6 is 11.8 Å². The van der Waals surface area contributed by atoms with E-state index in [2.05, 4.69) is 42.2 Å². The molecule has 5 nitrogen and oxygen atoms in total. The van der Waals surface area contributed by atoms with Crippen LogP contribution in [0.3, 0.4) is 0 Å². The second kappa shape index (κ2) is 9.32. The maximum Gasteiger partial charge on any atom is 0.253 e. The van der Waals surface area contributed by atoms with Crippen molar-refractivity contribution < 1.29 is 9.59 Å². The van der Waals surface area contributed by atoms with Crippen LogP contribution in [0.1, 0.15) is 21.5 Å². The topological polar surface area (TPSA) is 43.9 Å². The number of hydrogen-bond donors (Lipinski definition) is 0. The highest BCUT2D eigenvalue weighted by Gasteiger charge is 2.25. The largest absolute Gasteiger partial charge is 0.368 e. The van der Waals surface area contributed by atoms with Crippen molar-refractivity contribution in [1.82, 2.24) is 4.90 Å². The van der Waals surface area contributed by atoms with E-state index in [0.29, 0.717) is 31.0 Å². The molecule has 0 unspecified atom stereocenters. The molecule has 0 aliphatic carbocycles. The molecule has 2 heterocycles. The number of aryl methyl sites for hydroxylation is 1. The maximum absolute atomic E-state index is 13.1. The summed E-state index contributed by atoms with van der Waals surface area (Å²) in [5.74, 6) is 0.648. The lowest BCUT2D eigenvalue weighted by Gasteiger charge is -2.36. The second-order valence-electron chi connectivity index (χ2n) is 8.50. The molecular weight excluding hydrogens is 430 g/mol. The van der Waals surface area contributed by atoms with Gasteiger partial charge in [0.25, 0.3) is 5.91 Å². The molecule has 0 saturated carbocycles. The average molecular weight is 458 g/mol. The number of thioether (sulfide) groups is 1. The van der Waals surface area contributed by atoms with Crippen LogP contribution in [0.15, 0.2) is 77.7 Å². The first-order valence-electron chi connectivity index (χ1n) is 11.3. The predicted molar refractivity (Wildman–Crippen MR) is 134 cm³/mol. The van der Waals surface area contributed by atoms with Crippen molar-refractivity contribution in [3.63, 3.8) is 0 Å². The average Bonchev–Trinajstić information content (AvgIpc) is 2.86. The van der Waals surface area contributed by atoms with Gasteiger partial charge in [0.2, 0.25) is 5.91 Å². The number of nitrogens with zero attached hydrogens (tertiary/aromatic N) is 3. The molecule has 0 aromatic heterocycles. The zero-order chi connectivity index (χ0) is 22.8. The minimum Gasteiger partial charge on any atom is -0.368 e. The summed E-state index contributed by atoms with van der Waals surface area (Å²) in [5.41, 5.74) is 5.20. The van der Waals surface area contributed by atoms with Crippen molar-refractivity contribution >= 4 is 35.0 Å². The van der Waals surface area contributed by atoms with Crippen molar-refractivity contribution in [2.75, 3.05) is 41.7 Å². The van der Waals surface area contributed by atoms with Crippen molar-refractivity contribution in [2.45, 2.75) is 18.4 Å². The predicted octanol–water partition coefficient (Wildman–Crippen LogP) is 4.60. The number of anilines is 2. The number of piperazine rings is 1. The van der Waals surface area contributed by atoms with Gasteiger partial charge in [0.15, 0.2) is 0 Å². The zero-order valence-corrected chi connectivity index (χ0v) is 19.6. The van der Waals surface area contributed by atoms with E-state index in [9.17, 15) is 9.59 Å². The summed E-state index contributed by atoms with van der Waals surface area (Å²) in [7, 11) is 0. The highest BCUT2D eigenvalue weighted by atomic mass is 32.2. The molecule has 6 heteroatoms. The fourth-order valence-corrected chi connectivity index (χ4v) is 5.45. The fraction of sp³-hybridized carbons (Fsp3) is 0.259. The number of amides is 2. The Bertz CT molecular complexity index is 1170. The summed E-state index contributed by atoms with van der Waals surface area (Å²) in [6.45, 7) is 5.74. The molecule has 1 fully saturated rings. The SMILES string of the molecule is Cc1ccccc1N1CCN(C(=O)c2ccc(CN3C(=O)CSc4ccccc43)cc2)CC1. The standard InChI is InChI=1S/C27H27N3O2S/c1-20-6-2-3-7-23(20)28-14-16-29(17-15-28)27(32)22-12-10-21(11-13-22)18-30-24-8-4-5-9-25(24)33-19-26(30)31/h2-13H,14-19H2,1H3. The molecule has 0 radical (unpaired) electrons. The molecule has 2 amide bonds. The Balaban J connectivity index is 1.23. The van der Waals surface area contributed by atoms with Gasteiger partial charge in [-0.3, -0.25) is 9.59 Å². The van der Waals surface area contributed by atoms with E-state index < -0.39 is 0 Å². The van der Waals surface area contributed by atoms with Gasteiger partial charge in [-0.2, -0.15) is 0 Å². The van der Waals surface area contributed by atoms with Crippen LogP contribution in [-0.4, -0.2) is 48.6 Å². The first kappa shape index (κ1) is 21.6. The molecule has 3 aromatic carbocycles. The van der Waals surface area contributed by atoms with Gasteiger partial charge in [-0.15, -0.1) is 11.8 Å². The molecule has 1 saturated heterocycles. The molecule has 0 spiro atoms. The fourth-order valence-electron chi connectivity index (χ4n) is 4.51. The van der Waals surface area contributed by atoms with E-state index in [-0.39, 0.29) is 11.8 Å². The number of fused-ring (bicyclic) bond motifs is 1. The van der Waals surface area contributed by atoms with Crippen molar-refractivity contribution in [2.24, 2.45) is 0 Å². The molecule has 0 atom stereocenters. The van der Waals surface area contributed by atoms with E-state index >= 15 is 0 Å². The molecule has 2 aliphatic heterocycles. The highest BCUT2D eigenvalue weighted by molar-refractivity contribution is 8.00. The Hall–Kier alpha value is -3.25. The Labute approximate surface area is 199 Å². The molecule has 0 bridgehead atoms. The minimum absolute atomic E-state index is 0.0711. The molecule has 5 rings (SSSR count). The van der Waals surface area contributed by atoms with Crippen LogP contribution in [0.25, 0.3) is 0 Å². The Morgan fingerprint density at radius 3 is 2.24 bits per heavy atom. The van der Waals surface area contributed by atoms with Crippen LogP contribution in [-0.2, 0) is 11.3 Å². The number of carbonyl (C=O) groups excluding carboxylic acids is 2. The van der Waals surface area contributed by atoms with Gasteiger partial charge in [-0.05, 0) is 48.4 Å². The van der Waals surface area contributed by atoms with Crippen LogP contribution in [0.2, 0.25) is 0 Å². The van der Waals surface area contributed by atoms with Gasteiger partial charge < -0.3 is 14.7 Å².